The minimum atomic E-state index is -0.983. The lowest BCUT2D eigenvalue weighted by Crippen LogP contribution is -2.07. The number of nitrogens with zero attached hydrogens (tertiary/aromatic N) is 2. The van der Waals surface area contributed by atoms with E-state index in [1.807, 2.05) is 0 Å². The smallest absolute Gasteiger partial charge is 0.338 e. The van der Waals surface area contributed by atoms with Crippen molar-refractivity contribution in [2.75, 3.05) is 0 Å². The quantitative estimate of drug-likeness (QED) is 0.708. The molecule has 0 aliphatic heterocycles. The van der Waals surface area contributed by atoms with E-state index in [0.29, 0.717) is 13.0 Å². The Hall–Kier alpha value is -1.36. The number of hydrogen-bond acceptors (Lipinski definition) is 3. The molecule has 5 nitrogen and oxygen atoms in total. The first-order valence-electron chi connectivity index (χ1n) is 4.03. The summed E-state index contributed by atoms with van der Waals surface area (Å²) in [7, 11) is 0. The van der Waals surface area contributed by atoms with Crippen LogP contribution in [0.3, 0.4) is 0 Å². The van der Waals surface area contributed by atoms with Gasteiger partial charge in [-0.25, -0.2) is 4.79 Å². The van der Waals surface area contributed by atoms with Gasteiger partial charge < -0.3 is 10.2 Å². The van der Waals surface area contributed by atoms with Crippen molar-refractivity contribution in [1.82, 2.24) is 9.78 Å². The molecule has 1 aromatic rings. The topological polar surface area (TPSA) is 75.4 Å². The first-order chi connectivity index (χ1) is 6.09. The average Bonchev–Trinajstić information content (AvgIpc) is 2.48. The number of aromatic nitrogens is 2. The van der Waals surface area contributed by atoms with E-state index in [1.54, 1.807) is 6.92 Å². The summed E-state index contributed by atoms with van der Waals surface area (Å²) in [4.78, 5) is 10.4. The lowest BCUT2D eigenvalue weighted by atomic mass is 10.3. The standard InChI is InChI=1S/C8H12N2O3/c1-6(11)2-3-10-5-7(4-9-10)8(12)13/h4-6,11H,2-3H2,1H3,(H,12,13). The lowest BCUT2D eigenvalue weighted by molar-refractivity contribution is 0.0697. The molecule has 13 heavy (non-hydrogen) atoms. The highest BCUT2D eigenvalue weighted by Gasteiger charge is 2.05. The van der Waals surface area contributed by atoms with Crippen molar-refractivity contribution in [2.24, 2.45) is 0 Å². The molecule has 0 saturated heterocycles. The summed E-state index contributed by atoms with van der Waals surface area (Å²) in [6.07, 6.45) is 2.92. The Kier molecular flexibility index (Phi) is 3.02. The number of carboxylic acid groups (broad SMARTS) is 1. The van der Waals surface area contributed by atoms with Crippen LogP contribution in [0.15, 0.2) is 12.4 Å². The summed E-state index contributed by atoms with van der Waals surface area (Å²) in [5.41, 5.74) is 0.172. The van der Waals surface area contributed by atoms with Crippen LogP contribution >= 0.6 is 0 Å². The van der Waals surface area contributed by atoms with Crippen molar-refractivity contribution in [1.29, 1.82) is 0 Å². The third-order valence-electron chi connectivity index (χ3n) is 1.66. The van der Waals surface area contributed by atoms with Gasteiger partial charge in [0, 0.05) is 12.7 Å². The van der Waals surface area contributed by atoms with E-state index in [4.69, 9.17) is 10.2 Å². The Balaban J connectivity index is 2.54. The molecule has 1 rings (SSSR count). The molecule has 0 spiro atoms. The van der Waals surface area contributed by atoms with Crippen molar-refractivity contribution in [3.05, 3.63) is 18.0 Å². The highest BCUT2D eigenvalue weighted by Crippen LogP contribution is 1.99. The third-order valence-corrected chi connectivity index (χ3v) is 1.66. The van der Waals surface area contributed by atoms with Gasteiger partial charge in [0.25, 0.3) is 0 Å². The van der Waals surface area contributed by atoms with Gasteiger partial charge in [0.15, 0.2) is 0 Å². The SMILES string of the molecule is CC(O)CCn1cc(C(=O)O)cn1. The number of rotatable bonds is 4. The molecular weight excluding hydrogens is 172 g/mol. The summed E-state index contributed by atoms with van der Waals surface area (Å²) in [6, 6.07) is 0. The zero-order valence-corrected chi connectivity index (χ0v) is 7.34. The predicted octanol–water partition coefficient (Wildman–Crippen LogP) is 0.352. The maximum absolute atomic E-state index is 10.4. The van der Waals surface area contributed by atoms with E-state index in [0.717, 1.165) is 0 Å². The number of aliphatic hydroxyl groups is 1. The van der Waals surface area contributed by atoms with Crippen LogP contribution in [0.2, 0.25) is 0 Å². The van der Waals surface area contributed by atoms with Gasteiger partial charge in [0.1, 0.15) is 0 Å². The minimum absolute atomic E-state index is 0.172. The van der Waals surface area contributed by atoms with Gasteiger partial charge in [0.2, 0.25) is 0 Å². The fraction of sp³-hybridized carbons (Fsp3) is 0.500. The Morgan fingerprint density at radius 2 is 2.46 bits per heavy atom. The Labute approximate surface area is 75.6 Å². The van der Waals surface area contributed by atoms with E-state index >= 15 is 0 Å². The monoisotopic (exact) mass is 184 g/mol. The van der Waals surface area contributed by atoms with E-state index in [9.17, 15) is 4.79 Å². The molecule has 0 aromatic carbocycles. The molecule has 1 atom stereocenters. The number of aryl methyl sites for hydroxylation is 1. The van der Waals surface area contributed by atoms with Gasteiger partial charge in [-0.15, -0.1) is 0 Å². The zero-order valence-electron chi connectivity index (χ0n) is 7.34. The molecule has 0 radical (unpaired) electrons. The normalized spacial score (nSPS) is 12.8. The summed E-state index contributed by atoms with van der Waals surface area (Å²) < 4.78 is 1.51. The maximum atomic E-state index is 10.4. The van der Waals surface area contributed by atoms with Crippen molar-refractivity contribution in [3.63, 3.8) is 0 Å². The summed E-state index contributed by atoms with van der Waals surface area (Å²) >= 11 is 0. The molecular formula is C8H12N2O3. The Morgan fingerprint density at radius 3 is 2.92 bits per heavy atom. The Morgan fingerprint density at radius 1 is 1.77 bits per heavy atom. The molecule has 2 N–H and O–H groups in total. The summed E-state index contributed by atoms with van der Waals surface area (Å²) in [6.45, 7) is 2.21. The fourth-order valence-electron chi connectivity index (χ4n) is 0.915. The van der Waals surface area contributed by atoms with Crippen LogP contribution in [0.25, 0.3) is 0 Å². The number of aliphatic hydroxyl groups excluding tert-OH is 1. The molecule has 1 heterocycles. The molecule has 0 aliphatic rings. The third kappa shape index (κ3) is 2.87. The van der Waals surface area contributed by atoms with Crippen molar-refractivity contribution in [3.8, 4) is 0 Å². The largest absolute Gasteiger partial charge is 0.478 e. The van der Waals surface area contributed by atoms with E-state index in [-0.39, 0.29) is 5.56 Å². The number of aromatic carboxylic acids is 1. The fourth-order valence-corrected chi connectivity index (χ4v) is 0.915. The summed E-state index contributed by atoms with van der Waals surface area (Å²) in [5.74, 6) is -0.983. The van der Waals surface area contributed by atoms with Gasteiger partial charge >= 0.3 is 5.97 Å². The van der Waals surface area contributed by atoms with Crippen molar-refractivity contribution in [2.45, 2.75) is 26.0 Å². The second-order valence-electron chi connectivity index (χ2n) is 2.93. The van der Waals surface area contributed by atoms with Crippen LogP contribution in [0.5, 0.6) is 0 Å². The molecule has 5 heteroatoms. The van der Waals surface area contributed by atoms with Gasteiger partial charge in [0.05, 0.1) is 17.9 Å². The second-order valence-corrected chi connectivity index (χ2v) is 2.93. The van der Waals surface area contributed by atoms with Gasteiger partial charge in [-0.2, -0.15) is 5.10 Å². The highest BCUT2D eigenvalue weighted by atomic mass is 16.4. The first kappa shape index (κ1) is 9.73. The molecule has 1 aromatic heterocycles. The van der Waals surface area contributed by atoms with Gasteiger partial charge in [-0.3, -0.25) is 4.68 Å². The predicted molar refractivity (Wildman–Crippen MR) is 45.5 cm³/mol. The molecule has 0 saturated carbocycles. The van der Waals surface area contributed by atoms with Crippen LogP contribution in [-0.2, 0) is 6.54 Å². The molecule has 0 fully saturated rings. The molecule has 0 aliphatic carbocycles. The maximum Gasteiger partial charge on any atom is 0.338 e. The van der Waals surface area contributed by atoms with Crippen LogP contribution in [0.4, 0.5) is 0 Å². The molecule has 0 amide bonds. The van der Waals surface area contributed by atoms with E-state index < -0.39 is 12.1 Å². The summed E-state index contributed by atoms with van der Waals surface area (Å²) in [5, 5.41) is 21.4. The highest BCUT2D eigenvalue weighted by molar-refractivity contribution is 5.86. The molecule has 0 bridgehead atoms. The van der Waals surface area contributed by atoms with E-state index in [1.165, 1.54) is 17.1 Å². The lowest BCUT2D eigenvalue weighted by Gasteiger charge is -2.02. The average molecular weight is 184 g/mol. The van der Waals surface area contributed by atoms with E-state index in [2.05, 4.69) is 5.10 Å². The number of carbonyl (C=O) groups is 1. The number of carboxylic acids is 1. The van der Waals surface area contributed by atoms with Gasteiger partial charge in [-0.1, -0.05) is 0 Å². The van der Waals surface area contributed by atoms with Crippen molar-refractivity contribution >= 4 is 5.97 Å². The second kappa shape index (κ2) is 4.04. The van der Waals surface area contributed by atoms with Crippen LogP contribution in [-0.4, -0.2) is 32.1 Å². The van der Waals surface area contributed by atoms with Crippen LogP contribution < -0.4 is 0 Å². The molecule has 72 valence electrons. The number of hydrogen-bond donors (Lipinski definition) is 2. The van der Waals surface area contributed by atoms with Gasteiger partial charge in [-0.05, 0) is 13.3 Å². The van der Waals surface area contributed by atoms with Crippen molar-refractivity contribution < 1.29 is 15.0 Å². The Bertz CT molecular complexity index is 293. The van der Waals surface area contributed by atoms with Crippen LogP contribution in [0.1, 0.15) is 23.7 Å². The van der Waals surface area contributed by atoms with Crippen LogP contribution in [0, 0.1) is 0 Å². The first-order valence-corrected chi connectivity index (χ1v) is 4.03. The minimum Gasteiger partial charge on any atom is -0.478 e. The molecule has 1 unspecified atom stereocenters. The zero-order chi connectivity index (χ0) is 9.84.